The van der Waals surface area contributed by atoms with E-state index in [2.05, 4.69) is 0 Å². The fraction of sp³-hybridized carbons (Fsp3) is 0.235. The predicted octanol–water partition coefficient (Wildman–Crippen LogP) is 4.05. The van der Waals surface area contributed by atoms with E-state index in [1.807, 2.05) is 67.6 Å². The van der Waals surface area contributed by atoms with Crippen molar-refractivity contribution in [1.29, 1.82) is 0 Å². The van der Waals surface area contributed by atoms with E-state index in [0.29, 0.717) is 0 Å². The van der Waals surface area contributed by atoms with E-state index in [9.17, 15) is 9.90 Å². The molecule has 0 amide bonds. The molecule has 0 aliphatic heterocycles. The summed E-state index contributed by atoms with van der Waals surface area (Å²) in [5.74, 6) is -1.25. The minimum Gasteiger partial charge on any atom is -0.481 e. The van der Waals surface area contributed by atoms with Crippen LogP contribution < -0.4 is 0 Å². The van der Waals surface area contributed by atoms with Gasteiger partial charge in [0.25, 0.3) is 0 Å². The molecule has 2 atom stereocenters. The van der Waals surface area contributed by atoms with E-state index in [0.717, 1.165) is 17.5 Å². The Morgan fingerprint density at radius 1 is 0.947 bits per heavy atom. The Hall–Kier alpha value is -2.09. The fourth-order valence-electron chi connectivity index (χ4n) is 2.57. The van der Waals surface area contributed by atoms with Crippen LogP contribution in [0.3, 0.4) is 0 Å². The SMILES string of the molecule is CC[C@H](c1ccccc1)[C@@H](C(=O)O)c1ccccc1. The van der Waals surface area contributed by atoms with Gasteiger partial charge in [-0.2, -0.15) is 0 Å². The lowest BCUT2D eigenvalue weighted by Gasteiger charge is -2.23. The second-order valence-corrected chi connectivity index (χ2v) is 4.65. The molecule has 0 radical (unpaired) electrons. The molecular formula is C17H18O2. The molecule has 2 aromatic rings. The summed E-state index contributed by atoms with van der Waals surface area (Å²) in [6.07, 6.45) is 0.801. The Morgan fingerprint density at radius 2 is 1.42 bits per heavy atom. The maximum atomic E-state index is 11.7. The average molecular weight is 254 g/mol. The lowest BCUT2D eigenvalue weighted by atomic mass is 9.80. The molecule has 0 bridgehead atoms. The third kappa shape index (κ3) is 3.02. The van der Waals surface area contributed by atoms with Crippen molar-refractivity contribution in [2.45, 2.75) is 25.2 Å². The summed E-state index contributed by atoms with van der Waals surface area (Å²) >= 11 is 0. The molecule has 98 valence electrons. The average Bonchev–Trinajstić information content (AvgIpc) is 2.46. The molecule has 2 heteroatoms. The van der Waals surface area contributed by atoms with Gasteiger partial charge < -0.3 is 5.11 Å². The molecule has 0 saturated heterocycles. The first-order valence-corrected chi connectivity index (χ1v) is 6.56. The van der Waals surface area contributed by atoms with Crippen LogP contribution in [0.2, 0.25) is 0 Å². The molecule has 2 rings (SSSR count). The van der Waals surface area contributed by atoms with Crippen LogP contribution in [0.5, 0.6) is 0 Å². The molecule has 0 fully saturated rings. The molecule has 2 nitrogen and oxygen atoms in total. The highest BCUT2D eigenvalue weighted by atomic mass is 16.4. The minimum absolute atomic E-state index is 0.00102. The fourth-order valence-corrected chi connectivity index (χ4v) is 2.57. The molecule has 0 aromatic heterocycles. The Morgan fingerprint density at radius 3 is 1.84 bits per heavy atom. The summed E-state index contributed by atoms with van der Waals surface area (Å²) in [6, 6.07) is 19.4. The molecule has 0 unspecified atom stereocenters. The standard InChI is InChI=1S/C17H18O2/c1-2-15(13-9-5-3-6-10-13)16(17(18)19)14-11-7-4-8-12-14/h3-12,15-16H,2H2,1H3,(H,18,19)/t15-,16+/m1/s1. The lowest BCUT2D eigenvalue weighted by Crippen LogP contribution is -2.19. The summed E-state index contributed by atoms with van der Waals surface area (Å²) in [5.41, 5.74) is 1.95. The maximum absolute atomic E-state index is 11.7. The van der Waals surface area contributed by atoms with Gasteiger partial charge in [-0.15, -0.1) is 0 Å². The number of benzene rings is 2. The van der Waals surface area contributed by atoms with Gasteiger partial charge in [0.2, 0.25) is 0 Å². The molecule has 0 aliphatic rings. The van der Waals surface area contributed by atoms with Crippen LogP contribution in [0.25, 0.3) is 0 Å². The first-order chi connectivity index (χ1) is 9.24. The first-order valence-electron chi connectivity index (χ1n) is 6.56. The van der Waals surface area contributed by atoms with Crippen molar-refractivity contribution in [3.63, 3.8) is 0 Å². The highest BCUT2D eigenvalue weighted by Gasteiger charge is 2.29. The first kappa shape index (κ1) is 13.3. The third-order valence-electron chi connectivity index (χ3n) is 3.49. The summed E-state index contributed by atoms with van der Waals surface area (Å²) in [6.45, 7) is 2.04. The van der Waals surface area contributed by atoms with Crippen LogP contribution in [0.15, 0.2) is 60.7 Å². The van der Waals surface area contributed by atoms with Gasteiger partial charge in [0.1, 0.15) is 0 Å². The number of hydrogen-bond donors (Lipinski definition) is 1. The molecule has 0 saturated carbocycles. The van der Waals surface area contributed by atoms with Gasteiger partial charge in [0, 0.05) is 5.92 Å². The number of rotatable bonds is 5. The smallest absolute Gasteiger partial charge is 0.311 e. The molecule has 0 aliphatic carbocycles. The van der Waals surface area contributed by atoms with Gasteiger partial charge >= 0.3 is 5.97 Å². The van der Waals surface area contributed by atoms with Crippen LogP contribution in [0, 0.1) is 0 Å². The Labute approximate surface area is 113 Å². The van der Waals surface area contributed by atoms with Crippen molar-refractivity contribution < 1.29 is 9.90 Å². The van der Waals surface area contributed by atoms with Crippen molar-refractivity contribution >= 4 is 5.97 Å². The van der Waals surface area contributed by atoms with Gasteiger partial charge in [-0.25, -0.2) is 0 Å². The summed E-state index contributed by atoms with van der Waals surface area (Å²) < 4.78 is 0. The van der Waals surface area contributed by atoms with Crippen LogP contribution >= 0.6 is 0 Å². The second kappa shape index (κ2) is 6.19. The molecular weight excluding hydrogens is 236 g/mol. The topological polar surface area (TPSA) is 37.3 Å². The summed E-state index contributed by atoms with van der Waals surface area (Å²) in [4.78, 5) is 11.7. The van der Waals surface area contributed by atoms with E-state index in [-0.39, 0.29) is 5.92 Å². The van der Waals surface area contributed by atoms with Crippen molar-refractivity contribution in [3.05, 3.63) is 71.8 Å². The van der Waals surface area contributed by atoms with E-state index in [1.165, 1.54) is 0 Å². The highest BCUT2D eigenvalue weighted by Crippen LogP contribution is 2.35. The summed E-state index contributed by atoms with van der Waals surface area (Å²) in [5, 5.41) is 9.59. The zero-order chi connectivity index (χ0) is 13.7. The number of hydrogen-bond acceptors (Lipinski definition) is 1. The zero-order valence-corrected chi connectivity index (χ0v) is 11.0. The van der Waals surface area contributed by atoms with Crippen LogP contribution in [0.4, 0.5) is 0 Å². The van der Waals surface area contributed by atoms with E-state index >= 15 is 0 Å². The molecule has 1 N–H and O–H groups in total. The van der Waals surface area contributed by atoms with Crippen LogP contribution in [0.1, 0.15) is 36.3 Å². The summed E-state index contributed by atoms with van der Waals surface area (Å²) in [7, 11) is 0. The molecule has 0 heterocycles. The van der Waals surface area contributed by atoms with Crippen molar-refractivity contribution in [2.24, 2.45) is 0 Å². The largest absolute Gasteiger partial charge is 0.481 e. The number of carboxylic acids is 1. The zero-order valence-electron chi connectivity index (χ0n) is 11.0. The van der Waals surface area contributed by atoms with Gasteiger partial charge in [-0.05, 0) is 17.5 Å². The van der Waals surface area contributed by atoms with Crippen LogP contribution in [-0.2, 0) is 4.79 Å². The highest BCUT2D eigenvalue weighted by molar-refractivity contribution is 5.77. The van der Waals surface area contributed by atoms with E-state index in [4.69, 9.17) is 0 Å². The molecule has 19 heavy (non-hydrogen) atoms. The maximum Gasteiger partial charge on any atom is 0.311 e. The van der Waals surface area contributed by atoms with Crippen molar-refractivity contribution in [1.82, 2.24) is 0 Å². The number of carbonyl (C=O) groups is 1. The van der Waals surface area contributed by atoms with E-state index in [1.54, 1.807) is 0 Å². The third-order valence-corrected chi connectivity index (χ3v) is 3.49. The van der Waals surface area contributed by atoms with Gasteiger partial charge in [0.05, 0.1) is 5.92 Å². The van der Waals surface area contributed by atoms with Gasteiger partial charge in [0.15, 0.2) is 0 Å². The van der Waals surface area contributed by atoms with E-state index < -0.39 is 11.9 Å². The Kier molecular flexibility index (Phi) is 4.35. The number of aliphatic carboxylic acids is 1. The van der Waals surface area contributed by atoms with Crippen molar-refractivity contribution in [2.75, 3.05) is 0 Å². The lowest BCUT2D eigenvalue weighted by molar-refractivity contribution is -0.139. The van der Waals surface area contributed by atoms with Gasteiger partial charge in [-0.3, -0.25) is 4.79 Å². The van der Waals surface area contributed by atoms with Crippen molar-refractivity contribution in [3.8, 4) is 0 Å². The number of carboxylic acid groups (broad SMARTS) is 1. The Balaban J connectivity index is 2.41. The Bertz CT molecular complexity index is 519. The minimum atomic E-state index is -0.762. The monoisotopic (exact) mass is 254 g/mol. The quantitative estimate of drug-likeness (QED) is 0.874. The normalized spacial score (nSPS) is 13.7. The molecule has 0 spiro atoms. The predicted molar refractivity (Wildman–Crippen MR) is 76.3 cm³/mol. The molecule has 2 aromatic carbocycles. The van der Waals surface area contributed by atoms with Crippen LogP contribution in [-0.4, -0.2) is 11.1 Å². The van der Waals surface area contributed by atoms with Gasteiger partial charge in [-0.1, -0.05) is 67.6 Å². The second-order valence-electron chi connectivity index (χ2n) is 4.65.